The summed E-state index contributed by atoms with van der Waals surface area (Å²) in [6, 6.07) is 7.16. The molecule has 0 amide bonds. The summed E-state index contributed by atoms with van der Waals surface area (Å²) in [5.74, 6) is 0. The van der Waals surface area contributed by atoms with Crippen molar-refractivity contribution >= 4 is 17.3 Å². The van der Waals surface area contributed by atoms with E-state index in [4.69, 9.17) is 17.3 Å². The molecule has 0 bridgehead atoms. The van der Waals surface area contributed by atoms with Crippen molar-refractivity contribution in [1.82, 2.24) is 0 Å². The lowest BCUT2D eigenvalue weighted by atomic mass is 10.0. The van der Waals surface area contributed by atoms with Crippen molar-refractivity contribution in [3.63, 3.8) is 0 Å². The third kappa shape index (κ3) is 3.05. The molecular formula is C13H15ClN2. The summed E-state index contributed by atoms with van der Waals surface area (Å²) in [4.78, 5) is 4.14. The fourth-order valence-electron chi connectivity index (χ4n) is 1.39. The molecule has 16 heavy (non-hydrogen) atoms. The predicted octanol–water partition coefficient (Wildman–Crippen LogP) is 3.50. The minimum atomic E-state index is -0.331. The third-order valence-electron chi connectivity index (χ3n) is 2.14. The lowest BCUT2D eigenvalue weighted by molar-refractivity contribution is 0.964. The molecule has 0 aliphatic rings. The number of allylic oxidation sites excluding steroid dienone is 1. The molecule has 1 aromatic carbocycles. The SMILES string of the molecule is C=CN=C(/C=C\C)C(N)c1ccccc1Cl. The zero-order valence-electron chi connectivity index (χ0n) is 9.23. The van der Waals surface area contributed by atoms with E-state index in [1.54, 1.807) is 0 Å². The largest absolute Gasteiger partial charge is 0.319 e. The molecule has 84 valence electrons. The highest BCUT2D eigenvalue weighted by molar-refractivity contribution is 6.31. The van der Waals surface area contributed by atoms with Crippen LogP contribution in [0.25, 0.3) is 0 Å². The molecule has 1 atom stereocenters. The van der Waals surface area contributed by atoms with Gasteiger partial charge in [-0.05, 0) is 24.6 Å². The molecule has 1 unspecified atom stereocenters. The fraction of sp³-hybridized carbons (Fsp3) is 0.154. The number of nitrogens with two attached hydrogens (primary N) is 1. The Labute approximate surface area is 101 Å². The molecule has 2 nitrogen and oxygen atoms in total. The second-order valence-electron chi connectivity index (χ2n) is 3.24. The van der Waals surface area contributed by atoms with Crippen LogP contribution in [0.1, 0.15) is 18.5 Å². The second kappa shape index (κ2) is 6.26. The summed E-state index contributed by atoms with van der Waals surface area (Å²) in [6.45, 7) is 5.49. The van der Waals surface area contributed by atoms with Crippen LogP contribution in [0.2, 0.25) is 5.02 Å². The number of nitrogens with zero attached hydrogens (tertiary/aromatic N) is 1. The van der Waals surface area contributed by atoms with Gasteiger partial charge >= 0.3 is 0 Å². The minimum Gasteiger partial charge on any atom is -0.319 e. The van der Waals surface area contributed by atoms with Crippen LogP contribution < -0.4 is 5.73 Å². The van der Waals surface area contributed by atoms with Crippen LogP contribution in [0.5, 0.6) is 0 Å². The minimum absolute atomic E-state index is 0.331. The van der Waals surface area contributed by atoms with Crippen molar-refractivity contribution in [2.24, 2.45) is 10.7 Å². The van der Waals surface area contributed by atoms with Gasteiger partial charge in [-0.1, -0.05) is 42.5 Å². The average Bonchev–Trinajstić information content (AvgIpc) is 2.28. The van der Waals surface area contributed by atoms with Crippen LogP contribution >= 0.6 is 11.6 Å². The number of rotatable bonds is 4. The molecule has 0 aliphatic carbocycles. The first-order valence-electron chi connectivity index (χ1n) is 5.02. The molecule has 0 heterocycles. The molecule has 0 saturated heterocycles. The molecule has 0 spiro atoms. The van der Waals surface area contributed by atoms with Gasteiger partial charge in [-0.3, -0.25) is 4.99 Å². The van der Waals surface area contributed by atoms with E-state index < -0.39 is 0 Å². The van der Waals surface area contributed by atoms with E-state index in [2.05, 4.69) is 11.6 Å². The molecular weight excluding hydrogens is 220 g/mol. The van der Waals surface area contributed by atoms with Crippen LogP contribution in [-0.2, 0) is 0 Å². The van der Waals surface area contributed by atoms with Crippen LogP contribution in [-0.4, -0.2) is 5.71 Å². The Balaban J connectivity index is 3.09. The van der Waals surface area contributed by atoms with E-state index in [0.717, 1.165) is 11.3 Å². The van der Waals surface area contributed by atoms with Crippen LogP contribution in [0, 0.1) is 0 Å². The van der Waals surface area contributed by atoms with Crippen LogP contribution in [0.15, 0.2) is 54.2 Å². The maximum atomic E-state index is 6.10. The van der Waals surface area contributed by atoms with Crippen molar-refractivity contribution in [1.29, 1.82) is 0 Å². The summed E-state index contributed by atoms with van der Waals surface area (Å²) in [6.07, 6.45) is 5.22. The monoisotopic (exact) mass is 234 g/mol. The second-order valence-corrected chi connectivity index (χ2v) is 3.64. The van der Waals surface area contributed by atoms with Gasteiger partial charge in [0.1, 0.15) is 0 Å². The van der Waals surface area contributed by atoms with Crippen LogP contribution in [0.3, 0.4) is 0 Å². The van der Waals surface area contributed by atoms with Gasteiger partial charge in [0.2, 0.25) is 0 Å². The normalized spacial score (nSPS) is 14.1. The summed E-state index contributed by atoms with van der Waals surface area (Å²) in [5.41, 5.74) is 7.70. The van der Waals surface area contributed by atoms with Crippen molar-refractivity contribution < 1.29 is 0 Å². The third-order valence-corrected chi connectivity index (χ3v) is 2.48. The molecule has 0 aromatic heterocycles. The first-order valence-corrected chi connectivity index (χ1v) is 5.39. The first kappa shape index (κ1) is 12.7. The number of hydrogen-bond acceptors (Lipinski definition) is 2. The van der Waals surface area contributed by atoms with Crippen molar-refractivity contribution in [2.75, 3.05) is 0 Å². The highest BCUT2D eigenvalue weighted by Crippen LogP contribution is 2.22. The van der Waals surface area contributed by atoms with E-state index in [-0.39, 0.29) is 6.04 Å². The van der Waals surface area contributed by atoms with Crippen molar-refractivity contribution in [3.8, 4) is 0 Å². The lowest BCUT2D eigenvalue weighted by Gasteiger charge is -2.13. The molecule has 1 aromatic rings. The van der Waals surface area contributed by atoms with Crippen LogP contribution in [0.4, 0.5) is 0 Å². The van der Waals surface area contributed by atoms with E-state index in [9.17, 15) is 0 Å². The average molecular weight is 235 g/mol. The Hall–Kier alpha value is -1.38. The maximum absolute atomic E-state index is 6.10. The zero-order chi connectivity index (χ0) is 12.0. The molecule has 0 saturated carbocycles. The highest BCUT2D eigenvalue weighted by atomic mass is 35.5. The number of halogens is 1. The van der Waals surface area contributed by atoms with Crippen molar-refractivity contribution in [2.45, 2.75) is 13.0 Å². The maximum Gasteiger partial charge on any atom is 0.0740 e. The van der Waals surface area contributed by atoms with Gasteiger partial charge in [0, 0.05) is 11.2 Å². The molecule has 0 aliphatic heterocycles. The summed E-state index contributed by atoms with van der Waals surface area (Å²) >= 11 is 6.08. The topological polar surface area (TPSA) is 38.4 Å². The Morgan fingerprint density at radius 1 is 1.50 bits per heavy atom. The highest BCUT2D eigenvalue weighted by Gasteiger charge is 2.13. The quantitative estimate of drug-likeness (QED) is 0.796. The smallest absolute Gasteiger partial charge is 0.0740 e. The number of hydrogen-bond donors (Lipinski definition) is 1. The molecule has 3 heteroatoms. The van der Waals surface area contributed by atoms with Gasteiger partial charge in [-0.15, -0.1) is 0 Å². The van der Waals surface area contributed by atoms with Gasteiger partial charge < -0.3 is 5.73 Å². The number of benzene rings is 1. The standard InChI is InChI=1S/C13H15ClN2/c1-3-7-12(16-4-2)13(15)10-8-5-6-9-11(10)14/h3-9,13H,2,15H2,1H3/b7-3-,16-12?. The molecule has 0 fully saturated rings. The fourth-order valence-corrected chi connectivity index (χ4v) is 1.64. The van der Waals surface area contributed by atoms with E-state index in [1.807, 2.05) is 43.3 Å². The van der Waals surface area contributed by atoms with Gasteiger partial charge in [-0.25, -0.2) is 0 Å². The van der Waals surface area contributed by atoms with Gasteiger partial charge in [0.15, 0.2) is 0 Å². The Bertz CT molecular complexity index is 422. The zero-order valence-corrected chi connectivity index (χ0v) is 9.98. The molecule has 2 N–H and O–H groups in total. The Kier molecular flexibility index (Phi) is 4.96. The summed E-state index contributed by atoms with van der Waals surface area (Å²) in [5, 5.41) is 0.649. The van der Waals surface area contributed by atoms with Gasteiger partial charge in [0.05, 0.1) is 11.8 Å². The Morgan fingerprint density at radius 2 is 2.19 bits per heavy atom. The van der Waals surface area contributed by atoms with E-state index in [0.29, 0.717) is 5.02 Å². The van der Waals surface area contributed by atoms with Crippen molar-refractivity contribution in [3.05, 3.63) is 59.8 Å². The van der Waals surface area contributed by atoms with E-state index >= 15 is 0 Å². The lowest BCUT2D eigenvalue weighted by Crippen LogP contribution is -2.20. The molecule has 1 rings (SSSR count). The number of aliphatic imine (C=N–C) groups is 1. The van der Waals surface area contributed by atoms with Gasteiger partial charge in [0.25, 0.3) is 0 Å². The van der Waals surface area contributed by atoms with E-state index in [1.165, 1.54) is 6.20 Å². The summed E-state index contributed by atoms with van der Waals surface area (Å²) < 4.78 is 0. The summed E-state index contributed by atoms with van der Waals surface area (Å²) in [7, 11) is 0. The van der Waals surface area contributed by atoms with Gasteiger partial charge in [-0.2, -0.15) is 0 Å². The predicted molar refractivity (Wildman–Crippen MR) is 70.8 cm³/mol. The first-order chi connectivity index (χ1) is 7.70. The Morgan fingerprint density at radius 3 is 2.75 bits per heavy atom. The molecule has 0 radical (unpaired) electrons.